The normalized spacial score (nSPS) is 11.3. The first-order valence-electron chi connectivity index (χ1n) is 8.74. The van der Waals surface area contributed by atoms with Crippen LogP contribution in [0.25, 0.3) is 0 Å². The van der Waals surface area contributed by atoms with E-state index in [1.165, 1.54) is 42.6 Å². The van der Waals surface area contributed by atoms with Gasteiger partial charge in [0, 0.05) is 5.02 Å². The number of ether oxygens (including phenoxy) is 1. The maximum atomic E-state index is 12.6. The predicted molar refractivity (Wildman–Crippen MR) is 117 cm³/mol. The van der Waals surface area contributed by atoms with E-state index < -0.39 is 15.9 Å². The lowest BCUT2D eigenvalue weighted by atomic mass is 10.2. The number of carbonyl (C=O) groups is 1. The number of nitrogens with zero attached hydrogens (tertiary/aromatic N) is 1. The van der Waals surface area contributed by atoms with E-state index in [2.05, 4.69) is 15.2 Å². The molecule has 0 heterocycles. The second kappa shape index (κ2) is 9.43. The van der Waals surface area contributed by atoms with Crippen LogP contribution in [-0.4, -0.2) is 27.6 Å². The second-order valence-corrected chi connectivity index (χ2v) is 8.20. The Morgan fingerprint density at radius 3 is 2.33 bits per heavy atom. The van der Waals surface area contributed by atoms with Gasteiger partial charge in [-0.15, -0.1) is 0 Å². The third-order valence-corrected chi connectivity index (χ3v) is 5.67. The molecule has 0 bridgehead atoms. The van der Waals surface area contributed by atoms with Gasteiger partial charge < -0.3 is 4.74 Å². The van der Waals surface area contributed by atoms with Gasteiger partial charge >= 0.3 is 0 Å². The molecule has 0 aliphatic rings. The van der Waals surface area contributed by atoms with Crippen LogP contribution in [0.4, 0.5) is 5.69 Å². The molecule has 3 rings (SSSR count). The molecule has 0 saturated carbocycles. The van der Waals surface area contributed by atoms with Crippen LogP contribution in [0.5, 0.6) is 5.75 Å². The number of hydrogen-bond acceptors (Lipinski definition) is 5. The number of para-hydroxylation sites is 1. The summed E-state index contributed by atoms with van der Waals surface area (Å²) in [5.74, 6) is 0.146. The summed E-state index contributed by atoms with van der Waals surface area (Å²) >= 11 is 5.81. The van der Waals surface area contributed by atoms with Crippen molar-refractivity contribution < 1.29 is 17.9 Å². The molecule has 0 aromatic heterocycles. The van der Waals surface area contributed by atoms with Crippen LogP contribution in [0, 0.1) is 0 Å². The summed E-state index contributed by atoms with van der Waals surface area (Å²) in [5, 5.41) is 4.34. The fourth-order valence-electron chi connectivity index (χ4n) is 2.50. The van der Waals surface area contributed by atoms with Crippen molar-refractivity contribution >= 4 is 39.4 Å². The lowest BCUT2D eigenvalue weighted by Crippen LogP contribution is -2.21. The first kappa shape index (κ1) is 21.4. The van der Waals surface area contributed by atoms with E-state index in [-0.39, 0.29) is 16.1 Å². The zero-order valence-electron chi connectivity index (χ0n) is 15.9. The number of methoxy groups -OCH3 is 1. The quantitative estimate of drug-likeness (QED) is 0.427. The summed E-state index contributed by atoms with van der Waals surface area (Å²) in [6, 6.07) is 19.1. The van der Waals surface area contributed by atoms with E-state index in [1.807, 2.05) is 0 Å². The highest BCUT2D eigenvalue weighted by molar-refractivity contribution is 7.92. The van der Waals surface area contributed by atoms with Crippen molar-refractivity contribution in [2.75, 3.05) is 11.8 Å². The first-order valence-corrected chi connectivity index (χ1v) is 10.6. The molecule has 3 aromatic carbocycles. The standard InChI is InChI=1S/C21H18ClN3O4S/c1-29-17-10-6-15(7-11-17)14-23-24-21(26)19-4-2-3-5-20(19)25-30(27,28)18-12-8-16(22)9-13-18/h2-14,25H,1H3,(H,24,26)/b23-14+. The van der Waals surface area contributed by atoms with Crippen molar-refractivity contribution in [2.45, 2.75) is 4.90 Å². The Morgan fingerprint density at radius 1 is 1.00 bits per heavy atom. The average molecular weight is 444 g/mol. The Morgan fingerprint density at radius 2 is 1.67 bits per heavy atom. The summed E-state index contributed by atoms with van der Waals surface area (Å²) in [4.78, 5) is 12.6. The van der Waals surface area contributed by atoms with Gasteiger partial charge in [-0.25, -0.2) is 13.8 Å². The molecule has 0 atom stereocenters. The van der Waals surface area contributed by atoms with E-state index in [1.54, 1.807) is 43.5 Å². The van der Waals surface area contributed by atoms with Crippen molar-refractivity contribution in [1.29, 1.82) is 0 Å². The van der Waals surface area contributed by atoms with Gasteiger partial charge in [0.15, 0.2) is 0 Å². The van der Waals surface area contributed by atoms with Gasteiger partial charge in [0.25, 0.3) is 15.9 Å². The molecule has 7 nitrogen and oxygen atoms in total. The number of carbonyl (C=O) groups excluding carboxylic acids is 1. The number of rotatable bonds is 7. The van der Waals surface area contributed by atoms with Crippen molar-refractivity contribution in [3.8, 4) is 5.75 Å². The minimum Gasteiger partial charge on any atom is -0.497 e. The molecule has 0 saturated heterocycles. The van der Waals surface area contributed by atoms with Crippen molar-refractivity contribution in [1.82, 2.24) is 5.43 Å². The fraction of sp³-hybridized carbons (Fsp3) is 0.0476. The molecule has 0 unspecified atom stereocenters. The Hall–Kier alpha value is -3.36. The van der Waals surface area contributed by atoms with E-state index in [0.29, 0.717) is 10.8 Å². The number of sulfonamides is 1. The molecule has 30 heavy (non-hydrogen) atoms. The van der Waals surface area contributed by atoms with Gasteiger partial charge in [-0.3, -0.25) is 9.52 Å². The SMILES string of the molecule is COc1ccc(/C=N/NC(=O)c2ccccc2NS(=O)(=O)c2ccc(Cl)cc2)cc1. The minimum atomic E-state index is -3.90. The molecular weight excluding hydrogens is 426 g/mol. The first-order chi connectivity index (χ1) is 14.4. The lowest BCUT2D eigenvalue weighted by Gasteiger charge is -2.11. The average Bonchev–Trinajstić information content (AvgIpc) is 2.74. The van der Waals surface area contributed by atoms with Crippen molar-refractivity contribution in [3.05, 3.63) is 88.9 Å². The molecule has 0 spiro atoms. The van der Waals surface area contributed by atoms with Crippen molar-refractivity contribution in [2.24, 2.45) is 5.10 Å². The van der Waals surface area contributed by atoms with Crippen molar-refractivity contribution in [3.63, 3.8) is 0 Å². The smallest absolute Gasteiger partial charge is 0.273 e. The highest BCUT2D eigenvalue weighted by Crippen LogP contribution is 2.21. The monoisotopic (exact) mass is 443 g/mol. The molecule has 9 heteroatoms. The zero-order valence-corrected chi connectivity index (χ0v) is 17.4. The molecule has 1 amide bonds. The van der Waals surface area contributed by atoms with Crippen LogP contribution < -0.4 is 14.9 Å². The van der Waals surface area contributed by atoms with Crippen LogP contribution in [0.1, 0.15) is 15.9 Å². The third-order valence-electron chi connectivity index (χ3n) is 4.04. The largest absolute Gasteiger partial charge is 0.497 e. The van der Waals surface area contributed by atoms with Gasteiger partial charge in [-0.1, -0.05) is 23.7 Å². The Kier molecular flexibility index (Phi) is 6.71. The van der Waals surface area contributed by atoms with Crippen LogP contribution in [0.2, 0.25) is 5.02 Å². The third kappa shape index (κ3) is 5.37. The molecule has 3 aromatic rings. The molecular formula is C21H18ClN3O4S. The maximum Gasteiger partial charge on any atom is 0.273 e. The molecule has 2 N–H and O–H groups in total. The summed E-state index contributed by atoms with van der Waals surface area (Å²) in [6.45, 7) is 0. The highest BCUT2D eigenvalue weighted by Gasteiger charge is 2.18. The Bertz CT molecular complexity index is 1160. The summed E-state index contributed by atoms with van der Waals surface area (Å²) < 4.78 is 32.7. The molecule has 154 valence electrons. The number of nitrogens with one attached hydrogen (secondary N) is 2. The van der Waals surface area contributed by atoms with Gasteiger partial charge in [0.05, 0.1) is 29.5 Å². The molecule has 0 aliphatic heterocycles. The molecule has 0 radical (unpaired) electrons. The number of anilines is 1. The van der Waals surface area contributed by atoms with E-state index >= 15 is 0 Å². The fourth-order valence-corrected chi connectivity index (χ4v) is 3.71. The molecule has 0 fully saturated rings. The Balaban J connectivity index is 1.74. The van der Waals surface area contributed by atoms with Crippen LogP contribution in [0.15, 0.2) is 82.8 Å². The maximum absolute atomic E-state index is 12.6. The van der Waals surface area contributed by atoms with Gasteiger partial charge in [0.2, 0.25) is 0 Å². The Labute approximate surface area is 179 Å². The van der Waals surface area contributed by atoms with E-state index in [9.17, 15) is 13.2 Å². The molecule has 0 aliphatic carbocycles. The minimum absolute atomic E-state index is 0.0274. The van der Waals surface area contributed by atoms with Crippen LogP contribution >= 0.6 is 11.6 Å². The number of halogens is 1. The van der Waals surface area contributed by atoms with Crippen LogP contribution in [-0.2, 0) is 10.0 Å². The lowest BCUT2D eigenvalue weighted by molar-refractivity contribution is 0.0956. The summed E-state index contributed by atoms with van der Waals surface area (Å²) in [6.07, 6.45) is 1.47. The van der Waals surface area contributed by atoms with Gasteiger partial charge in [-0.2, -0.15) is 5.10 Å². The zero-order chi connectivity index (χ0) is 21.6. The van der Waals surface area contributed by atoms with Crippen LogP contribution in [0.3, 0.4) is 0 Å². The van der Waals surface area contributed by atoms with E-state index in [4.69, 9.17) is 16.3 Å². The van der Waals surface area contributed by atoms with Gasteiger partial charge in [-0.05, 0) is 66.2 Å². The number of hydrogen-bond donors (Lipinski definition) is 2. The van der Waals surface area contributed by atoms with E-state index in [0.717, 1.165) is 5.56 Å². The second-order valence-electron chi connectivity index (χ2n) is 6.08. The number of benzene rings is 3. The predicted octanol–water partition coefficient (Wildman–Crippen LogP) is 3.91. The van der Waals surface area contributed by atoms with Gasteiger partial charge in [0.1, 0.15) is 5.75 Å². The topological polar surface area (TPSA) is 96.9 Å². The highest BCUT2D eigenvalue weighted by atomic mass is 35.5. The number of hydrazone groups is 1. The number of amides is 1. The summed E-state index contributed by atoms with van der Waals surface area (Å²) in [7, 11) is -2.32. The summed E-state index contributed by atoms with van der Waals surface area (Å²) in [5.41, 5.74) is 3.41.